The van der Waals surface area contributed by atoms with Crippen molar-refractivity contribution in [1.82, 2.24) is 5.32 Å². The van der Waals surface area contributed by atoms with Crippen molar-refractivity contribution in [2.24, 2.45) is 5.73 Å². The normalized spacial score (nSPS) is 18.3. The summed E-state index contributed by atoms with van der Waals surface area (Å²) in [6, 6.07) is 5.98. The second kappa shape index (κ2) is 5.48. The van der Waals surface area contributed by atoms with Crippen LogP contribution >= 0.6 is 0 Å². The Labute approximate surface area is 107 Å². The molecule has 1 amide bonds. The summed E-state index contributed by atoms with van der Waals surface area (Å²) in [5, 5.41) is 2.75. The SMILES string of the molecule is NC1(CNC(=O)c2ccccc2F)CCCCC1. The van der Waals surface area contributed by atoms with Crippen molar-refractivity contribution in [3.05, 3.63) is 35.6 Å². The van der Waals surface area contributed by atoms with Crippen molar-refractivity contribution in [2.45, 2.75) is 37.6 Å². The first-order chi connectivity index (χ1) is 8.61. The Hall–Kier alpha value is -1.42. The Morgan fingerprint density at radius 2 is 1.94 bits per heavy atom. The quantitative estimate of drug-likeness (QED) is 0.864. The highest BCUT2D eigenvalue weighted by molar-refractivity contribution is 5.94. The molecule has 1 aromatic carbocycles. The second-order valence-corrected chi connectivity index (χ2v) is 5.09. The summed E-state index contributed by atoms with van der Waals surface area (Å²) in [4.78, 5) is 11.8. The molecule has 2 rings (SSSR count). The van der Waals surface area contributed by atoms with Crippen LogP contribution < -0.4 is 11.1 Å². The van der Waals surface area contributed by atoms with Crippen LogP contribution in [0.1, 0.15) is 42.5 Å². The lowest BCUT2D eigenvalue weighted by Crippen LogP contribution is -2.51. The number of nitrogens with two attached hydrogens (primary N) is 1. The third-order valence-electron chi connectivity index (χ3n) is 3.57. The fourth-order valence-electron chi connectivity index (χ4n) is 2.43. The topological polar surface area (TPSA) is 55.1 Å². The van der Waals surface area contributed by atoms with E-state index in [1.54, 1.807) is 12.1 Å². The zero-order chi connectivity index (χ0) is 13.0. The Balaban J connectivity index is 1.94. The number of benzene rings is 1. The number of halogens is 1. The summed E-state index contributed by atoms with van der Waals surface area (Å²) in [6.45, 7) is 0.417. The number of carbonyl (C=O) groups is 1. The van der Waals surface area contributed by atoms with E-state index < -0.39 is 5.82 Å². The fraction of sp³-hybridized carbons (Fsp3) is 0.500. The maximum Gasteiger partial charge on any atom is 0.254 e. The molecule has 1 aliphatic rings. The van der Waals surface area contributed by atoms with Crippen LogP contribution in [0.25, 0.3) is 0 Å². The van der Waals surface area contributed by atoms with Crippen LogP contribution in [-0.2, 0) is 0 Å². The van der Waals surface area contributed by atoms with Crippen LogP contribution in [0.4, 0.5) is 4.39 Å². The van der Waals surface area contributed by atoms with Crippen molar-refractivity contribution in [2.75, 3.05) is 6.54 Å². The molecule has 0 bridgehead atoms. The van der Waals surface area contributed by atoms with Crippen LogP contribution in [-0.4, -0.2) is 18.0 Å². The number of carbonyl (C=O) groups excluding carboxylic acids is 1. The molecule has 1 saturated carbocycles. The number of hydrogen-bond donors (Lipinski definition) is 2. The first-order valence-corrected chi connectivity index (χ1v) is 6.42. The van der Waals surface area contributed by atoms with E-state index >= 15 is 0 Å². The minimum atomic E-state index is -0.496. The van der Waals surface area contributed by atoms with Gasteiger partial charge in [0.05, 0.1) is 5.56 Å². The van der Waals surface area contributed by atoms with Gasteiger partial charge in [-0.05, 0) is 25.0 Å². The van der Waals surface area contributed by atoms with Gasteiger partial charge in [-0.15, -0.1) is 0 Å². The average Bonchev–Trinajstić information content (AvgIpc) is 2.38. The van der Waals surface area contributed by atoms with Gasteiger partial charge in [0.2, 0.25) is 0 Å². The highest BCUT2D eigenvalue weighted by Crippen LogP contribution is 2.25. The first-order valence-electron chi connectivity index (χ1n) is 6.42. The molecule has 3 N–H and O–H groups in total. The molecule has 0 aromatic heterocycles. The molecular formula is C14H19FN2O. The van der Waals surface area contributed by atoms with Gasteiger partial charge < -0.3 is 11.1 Å². The van der Waals surface area contributed by atoms with Gasteiger partial charge in [-0.2, -0.15) is 0 Å². The number of rotatable bonds is 3. The highest BCUT2D eigenvalue weighted by atomic mass is 19.1. The molecule has 98 valence electrons. The average molecular weight is 250 g/mol. The van der Waals surface area contributed by atoms with Crippen molar-refractivity contribution < 1.29 is 9.18 Å². The van der Waals surface area contributed by atoms with E-state index in [1.807, 2.05) is 0 Å². The molecular weight excluding hydrogens is 231 g/mol. The van der Waals surface area contributed by atoms with E-state index in [0.29, 0.717) is 6.54 Å². The molecule has 0 aliphatic heterocycles. The fourth-order valence-corrected chi connectivity index (χ4v) is 2.43. The summed E-state index contributed by atoms with van der Waals surface area (Å²) in [7, 11) is 0. The molecule has 1 fully saturated rings. The van der Waals surface area contributed by atoms with Gasteiger partial charge in [-0.25, -0.2) is 4.39 Å². The molecule has 18 heavy (non-hydrogen) atoms. The lowest BCUT2D eigenvalue weighted by atomic mass is 9.82. The van der Waals surface area contributed by atoms with Crippen LogP contribution in [0.2, 0.25) is 0 Å². The predicted octanol–water partition coefficient (Wildman–Crippen LogP) is 2.22. The summed E-state index contributed by atoms with van der Waals surface area (Å²) < 4.78 is 13.4. The van der Waals surface area contributed by atoms with E-state index in [1.165, 1.54) is 18.6 Å². The van der Waals surface area contributed by atoms with Crippen LogP contribution in [0.15, 0.2) is 24.3 Å². The summed E-state index contributed by atoms with van der Waals surface area (Å²) in [5.74, 6) is -0.881. The lowest BCUT2D eigenvalue weighted by Gasteiger charge is -2.33. The van der Waals surface area contributed by atoms with E-state index in [9.17, 15) is 9.18 Å². The second-order valence-electron chi connectivity index (χ2n) is 5.09. The van der Waals surface area contributed by atoms with Crippen molar-refractivity contribution in [3.8, 4) is 0 Å². The molecule has 1 aromatic rings. The highest BCUT2D eigenvalue weighted by Gasteiger charge is 2.28. The van der Waals surface area contributed by atoms with Crippen LogP contribution in [0.5, 0.6) is 0 Å². The Morgan fingerprint density at radius 1 is 1.28 bits per heavy atom. The third kappa shape index (κ3) is 3.07. The van der Waals surface area contributed by atoms with E-state index in [2.05, 4.69) is 5.32 Å². The standard InChI is InChI=1S/C14H19FN2O/c15-12-7-3-2-6-11(12)13(18)17-10-14(16)8-4-1-5-9-14/h2-3,6-7H,1,4-5,8-10,16H2,(H,17,18). The van der Waals surface area contributed by atoms with Gasteiger partial charge in [0.25, 0.3) is 5.91 Å². The maximum absolute atomic E-state index is 13.4. The van der Waals surface area contributed by atoms with Crippen molar-refractivity contribution >= 4 is 5.91 Å². The molecule has 0 unspecified atom stereocenters. The Kier molecular flexibility index (Phi) is 3.97. The zero-order valence-electron chi connectivity index (χ0n) is 10.4. The first kappa shape index (κ1) is 13.0. The smallest absolute Gasteiger partial charge is 0.254 e. The number of nitrogens with one attached hydrogen (secondary N) is 1. The van der Waals surface area contributed by atoms with Crippen LogP contribution in [0, 0.1) is 5.82 Å². The minimum absolute atomic E-state index is 0.0805. The summed E-state index contributed by atoms with van der Waals surface area (Å²) in [6.07, 6.45) is 5.26. The van der Waals surface area contributed by atoms with Crippen molar-refractivity contribution in [1.29, 1.82) is 0 Å². The number of amides is 1. The van der Waals surface area contributed by atoms with Gasteiger partial charge in [0.1, 0.15) is 5.82 Å². The van der Waals surface area contributed by atoms with Gasteiger partial charge in [-0.1, -0.05) is 31.4 Å². The molecule has 4 heteroatoms. The van der Waals surface area contributed by atoms with Gasteiger partial charge in [0, 0.05) is 12.1 Å². The lowest BCUT2D eigenvalue weighted by molar-refractivity contribution is 0.0933. The van der Waals surface area contributed by atoms with Crippen LogP contribution in [0.3, 0.4) is 0 Å². The third-order valence-corrected chi connectivity index (χ3v) is 3.57. The zero-order valence-corrected chi connectivity index (χ0v) is 10.4. The minimum Gasteiger partial charge on any atom is -0.350 e. The molecule has 1 aliphatic carbocycles. The molecule has 3 nitrogen and oxygen atoms in total. The Bertz CT molecular complexity index is 428. The van der Waals surface area contributed by atoms with Gasteiger partial charge in [-0.3, -0.25) is 4.79 Å². The largest absolute Gasteiger partial charge is 0.350 e. The van der Waals surface area contributed by atoms with Gasteiger partial charge >= 0.3 is 0 Å². The van der Waals surface area contributed by atoms with E-state index in [0.717, 1.165) is 25.7 Å². The van der Waals surface area contributed by atoms with Crippen molar-refractivity contribution in [3.63, 3.8) is 0 Å². The van der Waals surface area contributed by atoms with Gasteiger partial charge in [0.15, 0.2) is 0 Å². The summed E-state index contributed by atoms with van der Waals surface area (Å²) in [5.41, 5.74) is 5.98. The molecule has 0 spiro atoms. The molecule has 0 atom stereocenters. The predicted molar refractivity (Wildman–Crippen MR) is 68.7 cm³/mol. The Morgan fingerprint density at radius 3 is 2.61 bits per heavy atom. The maximum atomic E-state index is 13.4. The van der Waals surface area contributed by atoms with E-state index in [-0.39, 0.29) is 17.0 Å². The summed E-state index contributed by atoms with van der Waals surface area (Å²) >= 11 is 0. The molecule has 0 radical (unpaired) electrons. The monoisotopic (exact) mass is 250 g/mol. The number of hydrogen-bond acceptors (Lipinski definition) is 2. The molecule has 0 saturated heterocycles. The van der Waals surface area contributed by atoms with E-state index in [4.69, 9.17) is 5.73 Å². The molecule has 0 heterocycles.